The van der Waals surface area contributed by atoms with Crippen LogP contribution in [0.1, 0.15) is 13.3 Å². The van der Waals surface area contributed by atoms with E-state index in [1.54, 1.807) is 6.92 Å². The zero-order valence-electron chi connectivity index (χ0n) is 7.24. The van der Waals surface area contributed by atoms with Crippen molar-refractivity contribution < 1.29 is 13.9 Å². The standard InChI is InChI=1S/C7H12NO3P/c1-3-11-12(2,10)5-4-7(9)6-8/h3-5H2,1-2H3. The van der Waals surface area contributed by atoms with Crippen LogP contribution in [0.25, 0.3) is 0 Å². The van der Waals surface area contributed by atoms with Crippen LogP contribution < -0.4 is 0 Å². The van der Waals surface area contributed by atoms with Gasteiger partial charge in [0.1, 0.15) is 6.07 Å². The first kappa shape index (κ1) is 11.4. The van der Waals surface area contributed by atoms with E-state index < -0.39 is 13.2 Å². The van der Waals surface area contributed by atoms with E-state index in [0.29, 0.717) is 6.61 Å². The topological polar surface area (TPSA) is 67.2 Å². The molecule has 0 aromatic carbocycles. The second-order valence-corrected chi connectivity index (χ2v) is 5.17. The van der Waals surface area contributed by atoms with Crippen LogP contribution in [0.3, 0.4) is 0 Å². The van der Waals surface area contributed by atoms with Crippen molar-refractivity contribution in [1.29, 1.82) is 5.26 Å². The monoisotopic (exact) mass is 189 g/mol. The number of ketones is 1. The lowest BCUT2D eigenvalue weighted by atomic mass is 10.3. The second-order valence-electron chi connectivity index (χ2n) is 2.44. The molecule has 5 heteroatoms. The fraction of sp³-hybridized carbons (Fsp3) is 0.714. The van der Waals surface area contributed by atoms with Gasteiger partial charge in [0.05, 0.1) is 6.61 Å². The van der Waals surface area contributed by atoms with Crippen LogP contribution in [0.4, 0.5) is 0 Å². The summed E-state index contributed by atoms with van der Waals surface area (Å²) in [5.74, 6) is -0.545. The van der Waals surface area contributed by atoms with Crippen LogP contribution in [-0.2, 0) is 13.9 Å². The van der Waals surface area contributed by atoms with E-state index in [-0.39, 0.29) is 12.6 Å². The van der Waals surface area contributed by atoms with E-state index >= 15 is 0 Å². The summed E-state index contributed by atoms with van der Waals surface area (Å²) in [6.45, 7) is 3.58. The summed E-state index contributed by atoms with van der Waals surface area (Å²) in [7, 11) is -2.63. The summed E-state index contributed by atoms with van der Waals surface area (Å²) in [6.07, 6.45) is 0.178. The first-order chi connectivity index (χ1) is 5.52. The molecule has 0 fully saturated rings. The Labute approximate surface area is 72.0 Å². The Morgan fingerprint density at radius 1 is 1.67 bits per heavy atom. The largest absolute Gasteiger partial charge is 0.329 e. The molecule has 0 aliphatic heterocycles. The molecule has 0 aromatic heterocycles. The van der Waals surface area contributed by atoms with Gasteiger partial charge in [0.25, 0.3) is 0 Å². The molecule has 0 N–H and O–H groups in total. The molecule has 0 aliphatic rings. The lowest BCUT2D eigenvalue weighted by Crippen LogP contribution is -2.00. The Morgan fingerprint density at radius 3 is 2.67 bits per heavy atom. The summed E-state index contributed by atoms with van der Waals surface area (Å²) >= 11 is 0. The quantitative estimate of drug-likeness (QED) is 0.484. The highest BCUT2D eigenvalue weighted by Crippen LogP contribution is 2.42. The lowest BCUT2D eigenvalue weighted by Gasteiger charge is -2.09. The number of nitriles is 1. The van der Waals surface area contributed by atoms with Crippen molar-refractivity contribution >= 4 is 13.2 Å². The number of nitrogens with zero attached hydrogens (tertiary/aromatic N) is 1. The van der Waals surface area contributed by atoms with Crippen molar-refractivity contribution in [3.05, 3.63) is 0 Å². The van der Waals surface area contributed by atoms with Crippen LogP contribution in [0, 0.1) is 11.3 Å². The molecular weight excluding hydrogens is 177 g/mol. The number of rotatable bonds is 5. The summed E-state index contributed by atoms with van der Waals surface area (Å²) in [4.78, 5) is 10.5. The van der Waals surface area contributed by atoms with E-state index in [4.69, 9.17) is 9.79 Å². The Bertz CT molecular complexity index is 244. The van der Waals surface area contributed by atoms with Gasteiger partial charge in [-0.05, 0) is 6.92 Å². The summed E-state index contributed by atoms with van der Waals surface area (Å²) in [5, 5.41) is 8.13. The highest BCUT2D eigenvalue weighted by Gasteiger charge is 2.16. The predicted molar refractivity (Wildman–Crippen MR) is 45.3 cm³/mol. The molecule has 12 heavy (non-hydrogen) atoms. The van der Waals surface area contributed by atoms with Gasteiger partial charge >= 0.3 is 0 Å². The molecule has 1 atom stereocenters. The van der Waals surface area contributed by atoms with Crippen molar-refractivity contribution in [2.75, 3.05) is 19.4 Å². The van der Waals surface area contributed by atoms with E-state index in [2.05, 4.69) is 0 Å². The van der Waals surface area contributed by atoms with Crippen LogP contribution in [-0.4, -0.2) is 25.2 Å². The summed E-state index contributed by atoms with van der Waals surface area (Å²) in [6, 6.07) is 1.46. The van der Waals surface area contributed by atoms with Crippen molar-refractivity contribution in [2.45, 2.75) is 13.3 Å². The summed E-state index contributed by atoms with van der Waals surface area (Å²) in [5.41, 5.74) is 0. The minimum Gasteiger partial charge on any atom is -0.329 e. The van der Waals surface area contributed by atoms with E-state index in [0.717, 1.165) is 0 Å². The normalized spacial score (nSPS) is 14.8. The third kappa shape index (κ3) is 5.06. The summed E-state index contributed by atoms with van der Waals surface area (Å²) < 4.78 is 16.3. The van der Waals surface area contributed by atoms with Gasteiger partial charge in [0, 0.05) is 19.2 Å². The Hall–Kier alpha value is -0.650. The SMILES string of the molecule is CCOP(C)(=O)CCC(=O)C#N. The molecule has 0 saturated heterocycles. The molecule has 0 spiro atoms. The number of hydrogen-bond donors (Lipinski definition) is 0. The van der Waals surface area contributed by atoms with Crippen molar-refractivity contribution in [1.82, 2.24) is 0 Å². The molecule has 0 heterocycles. The minimum absolute atomic E-state index is 0.0181. The van der Waals surface area contributed by atoms with Crippen molar-refractivity contribution in [3.8, 4) is 6.07 Å². The van der Waals surface area contributed by atoms with Gasteiger partial charge in [0.2, 0.25) is 13.2 Å². The number of carbonyl (C=O) groups is 1. The molecule has 1 unspecified atom stereocenters. The average Bonchev–Trinajstić information content (AvgIpc) is 2.00. The number of hydrogen-bond acceptors (Lipinski definition) is 4. The van der Waals surface area contributed by atoms with E-state index in [1.807, 2.05) is 0 Å². The number of Topliss-reactive ketones (excluding diaryl/α,β-unsaturated/α-hetero) is 1. The van der Waals surface area contributed by atoms with E-state index in [9.17, 15) is 9.36 Å². The molecule has 0 aromatic rings. The minimum atomic E-state index is -2.63. The Kier molecular flexibility index (Phi) is 4.80. The smallest absolute Gasteiger partial charge is 0.232 e. The fourth-order valence-electron chi connectivity index (χ4n) is 0.698. The first-order valence-corrected chi connectivity index (χ1v) is 5.91. The Balaban J connectivity index is 3.85. The molecule has 0 aliphatic carbocycles. The van der Waals surface area contributed by atoms with Gasteiger partial charge in [-0.15, -0.1) is 0 Å². The van der Waals surface area contributed by atoms with Gasteiger partial charge in [-0.25, -0.2) is 0 Å². The predicted octanol–water partition coefficient (Wildman–Crippen LogP) is 1.41. The van der Waals surface area contributed by atoms with Gasteiger partial charge in [-0.2, -0.15) is 5.26 Å². The molecule has 0 radical (unpaired) electrons. The number of carbonyl (C=O) groups excluding carboxylic acids is 1. The zero-order valence-corrected chi connectivity index (χ0v) is 8.13. The van der Waals surface area contributed by atoms with Gasteiger partial charge < -0.3 is 4.52 Å². The third-order valence-electron chi connectivity index (χ3n) is 1.27. The van der Waals surface area contributed by atoms with Gasteiger partial charge in [-0.3, -0.25) is 9.36 Å². The maximum atomic E-state index is 11.4. The zero-order chi connectivity index (χ0) is 9.61. The second kappa shape index (κ2) is 5.08. The Morgan fingerprint density at radius 2 is 2.25 bits per heavy atom. The lowest BCUT2D eigenvalue weighted by molar-refractivity contribution is -0.113. The van der Waals surface area contributed by atoms with Crippen LogP contribution in [0.15, 0.2) is 0 Å². The van der Waals surface area contributed by atoms with Crippen molar-refractivity contribution in [3.63, 3.8) is 0 Å². The molecule has 68 valence electrons. The first-order valence-electron chi connectivity index (χ1n) is 3.66. The van der Waals surface area contributed by atoms with Crippen LogP contribution in [0.5, 0.6) is 0 Å². The van der Waals surface area contributed by atoms with Gasteiger partial charge in [0.15, 0.2) is 0 Å². The molecular formula is C7H12NO3P. The van der Waals surface area contributed by atoms with Crippen LogP contribution in [0.2, 0.25) is 0 Å². The van der Waals surface area contributed by atoms with Crippen molar-refractivity contribution in [2.24, 2.45) is 0 Å². The van der Waals surface area contributed by atoms with Gasteiger partial charge in [-0.1, -0.05) is 0 Å². The average molecular weight is 189 g/mol. The molecule has 0 rings (SSSR count). The molecule has 0 amide bonds. The van der Waals surface area contributed by atoms with Crippen LogP contribution >= 0.6 is 7.37 Å². The third-order valence-corrected chi connectivity index (χ3v) is 3.11. The maximum Gasteiger partial charge on any atom is 0.232 e. The molecule has 0 bridgehead atoms. The highest BCUT2D eigenvalue weighted by atomic mass is 31.2. The fourth-order valence-corrected chi connectivity index (χ4v) is 1.98. The highest BCUT2D eigenvalue weighted by molar-refractivity contribution is 7.58. The van der Waals surface area contributed by atoms with E-state index in [1.165, 1.54) is 12.7 Å². The molecule has 0 saturated carbocycles. The molecule has 4 nitrogen and oxygen atoms in total. The maximum absolute atomic E-state index is 11.4.